The molecule has 0 aromatic carbocycles. The Kier molecular flexibility index (Phi) is 18.9. The largest absolute Gasteiger partial charge is 2.00 e. The molecule has 0 bridgehead atoms. The first-order valence-corrected chi connectivity index (χ1v) is 5.57. The van der Waals surface area contributed by atoms with Crippen molar-refractivity contribution in [2.24, 2.45) is 0 Å². The fraction of sp³-hybridized carbons (Fsp3) is 0.429. The summed E-state index contributed by atoms with van der Waals surface area (Å²) in [5, 5.41) is 0. The molecule has 0 aliphatic heterocycles. The molecule has 17 heavy (non-hydrogen) atoms. The third kappa shape index (κ3) is 9.91. The molecule has 0 nitrogen and oxygen atoms in total. The van der Waals surface area contributed by atoms with Crippen molar-refractivity contribution in [1.29, 1.82) is 0 Å². The minimum atomic E-state index is 0. The number of halogens is 2. The Bertz CT molecular complexity index is 289. The van der Waals surface area contributed by atoms with Gasteiger partial charge in [-0.3, -0.25) is 0 Å². The smallest absolute Gasteiger partial charge is 1.00 e. The van der Waals surface area contributed by atoms with E-state index in [1.54, 1.807) is 5.57 Å². The van der Waals surface area contributed by atoms with Gasteiger partial charge >= 0.3 is 21.7 Å². The van der Waals surface area contributed by atoms with Crippen LogP contribution in [0.1, 0.15) is 39.5 Å². The van der Waals surface area contributed by atoms with E-state index in [9.17, 15) is 0 Å². The molecule has 0 saturated carbocycles. The Labute approximate surface area is 133 Å². The van der Waals surface area contributed by atoms with E-state index in [0.717, 1.165) is 6.42 Å². The van der Waals surface area contributed by atoms with Crippen molar-refractivity contribution in [3.05, 3.63) is 47.6 Å². The van der Waals surface area contributed by atoms with Crippen molar-refractivity contribution in [2.75, 3.05) is 0 Å². The summed E-state index contributed by atoms with van der Waals surface area (Å²) < 4.78 is 0. The van der Waals surface area contributed by atoms with Crippen LogP contribution >= 0.6 is 0 Å². The van der Waals surface area contributed by atoms with Gasteiger partial charge < -0.3 is 24.8 Å². The molecule has 0 spiro atoms. The molecule has 3 heteroatoms. The van der Waals surface area contributed by atoms with Gasteiger partial charge in [0, 0.05) is 0 Å². The number of hydrogen-bond acceptors (Lipinski definition) is 0. The topological polar surface area (TPSA) is 0 Å². The van der Waals surface area contributed by atoms with Gasteiger partial charge in [0.15, 0.2) is 0 Å². The molecule has 2 rings (SSSR count). The molecule has 94 valence electrons. The molecule has 0 aromatic rings. The SMILES string of the molecule is CCC1=CC=CC1.CCC1=CCC=C1.[Cl-].[Cl-].[Ti+2]. The standard InChI is InChI=1S/2C7H10.2ClH.Ti/c2*1-2-7-5-3-4-6-7;;;/h3,5-6H,2,4H2,1H3;3-5H,2,6H2,1H3;2*1H;/q;;;;+2/p-2. The summed E-state index contributed by atoms with van der Waals surface area (Å²) in [6.07, 6.45) is 17.9. The Morgan fingerprint density at radius 2 is 1.76 bits per heavy atom. The van der Waals surface area contributed by atoms with Gasteiger partial charge in [0.1, 0.15) is 0 Å². The van der Waals surface area contributed by atoms with E-state index in [1.165, 1.54) is 24.8 Å². The summed E-state index contributed by atoms with van der Waals surface area (Å²) in [5.74, 6) is 0. The van der Waals surface area contributed by atoms with Crippen molar-refractivity contribution in [1.82, 2.24) is 0 Å². The molecular formula is C14H20Cl2Ti. The van der Waals surface area contributed by atoms with Crippen LogP contribution in [-0.4, -0.2) is 0 Å². The van der Waals surface area contributed by atoms with Crippen LogP contribution in [0.25, 0.3) is 0 Å². The average molecular weight is 307 g/mol. The quantitative estimate of drug-likeness (QED) is 0.549. The maximum Gasteiger partial charge on any atom is 2.00 e. The van der Waals surface area contributed by atoms with Crippen molar-refractivity contribution < 1.29 is 46.5 Å². The first-order chi connectivity index (χ1) is 6.86. The Balaban J connectivity index is -0.000000196. The van der Waals surface area contributed by atoms with Crippen molar-refractivity contribution >= 4 is 0 Å². The van der Waals surface area contributed by atoms with Gasteiger partial charge in [-0.05, 0) is 25.7 Å². The number of allylic oxidation sites excluding steroid dienone is 8. The Morgan fingerprint density at radius 1 is 1.06 bits per heavy atom. The second-order valence-electron chi connectivity index (χ2n) is 3.58. The summed E-state index contributed by atoms with van der Waals surface area (Å²) in [7, 11) is 0. The van der Waals surface area contributed by atoms with E-state index < -0.39 is 0 Å². The number of rotatable bonds is 2. The second-order valence-corrected chi connectivity index (χ2v) is 3.58. The fourth-order valence-electron chi connectivity index (χ4n) is 1.52. The van der Waals surface area contributed by atoms with Crippen LogP contribution in [0.3, 0.4) is 0 Å². The molecule has 0 N–H and O–H groups in total. The van der Waals surface area contributed by atoms with Gasteiger partial charge in [0.2, 0.25) is 0 Å². The zero-order valence-electron chi connectivity index (χ0n) is 10.5. The summed E-state index contributed by atoms with van der Waals surface area (Å²) in [5.41, 5.74) is 3.04. The summed E-state index contributed by atoms with van der Waals surface area (Å²) in [4.78, 5) is 0. The fourth-order valence-corrected chi connectivity index (χ4v) is 1.52. The Morgan fingerprint density at radius 3 is 2.00 bits per heavy atom. The third-order valence-electron chi connectivity index (χ3n) is 2.56. The molecule has 0 radical (unpaired) electrons. The third-order valence-corrected chi connectivity index (χ3v) is 2.56. The predicted molar refractivity (Wildman–Crippen MR) is 64.3 cm³/mol. The molecule has 0 atom stereocenters. The monoisotopic (exact) mass is 306 g/mol. The molecular weight excluding hydrogens is 287 g/mol. The van der Waals surface area contributed by atoms with E-state index in [2.05, 4.69) is 50.3 Å². The van der Waals surface area contributed by atoms with Gasteiger partial charge in [0.25, 0.3) is 0 Å². The van der Waals surface area contributed by atoms with Crippen LogP contribution in [0.15, 0.2) is 47.6 Å². The zero-order chi connectivity index (χ0) is 10.2. The average Bonchev–Trinajstić information content (AvgIpc) is 2.92. The van der Waals surface area contributed by atoms with Gasteiger partial charge in [0.05, 0.1) is 0 Å². The molecule has 0 fully saturated rings. The van der Waals surface area contributed by atoms with E-state index in [1.807, 2.05) is 0 Å². The van der Waals surface area contributed by atoms with E-state index in [0.29, 0.717) is 0 Å². The zero-order valence-corrected chi connectivity index (χ0v) is 13.6. The molecule has 2 aliphatic rings. The first kappa shape index (κ1) is 22.4. The Hall–Kier alpha value is 0.254. The van der Waals surface area contributed by atoms with Crippen LogP contribution in [0.4, 0.5) is 0 Å². The van der Waals surface area contributed by atoms with Crippen LogP contribution in [0.2, 0.25) is 0 Å². The van der Waals surface area contributed by atoms with Crippen LogP contribution < -0.4 is 24.8 Å². The molecule has 0 heterocycles. The van der Waals surface area contributed by atoms with Gasteiger partial charge in [-0.1, -0.05) is 61.4 Å². The molecule has 0 saturated heterocycles. The maximum atomic E-state index is 2.26. The molecule has 2 aliphatic carbocycles. The molecule has 0 amide bonds. The molecule has 0 aromatic heterocycles. The van der Waals surface area contributed by atoms with E-state index >= 15 is 0 Å². The predicted octanol–water partition coefficient (Wildman–Crippen LogP) is -1.43. The van der Waals surface area contributed by atoms with Gasteiger partial charge in [-0.25, -0.2) is 0 Å². The van der Waals surface area contributed by atoms with Gasteiger partial charge in [-0.2, -0.15) is 0 Å². The first-order valence-electron chi connectivity index (χ1n) is 5.57. The van der Waals surface area contributed by atoms with E-state index in [-0.39, 0.29) is 46.5 Å². The van der Waals surface area contributed by atoms with Crippen molar-refractivity contribution in [3.63, 3.8) is 0 Å². The number of hydrogen-bond donors (Lipinski definition) is 0. The summed E-state index contributed by atoms with van der Waals surface area (Å²) in [6.45, 7) is 4.38. The normalized spacial score (nSPS) is 14.5. The van der Waals surface area contributed by atoms with Crippen molar-refractivity contribution in [3.8, 4) is 0 Å². The summed E-state index contributed by atoms with van der Waals surface area (Å²) in [6, 6.07) is 0. The molecule has 0 unspecified atom stereocenters. The van der Waals surface area contributed by atoms with Crippen LogP contribution in [0.5, 0.6) is 0 Å². The minimum Gasteiger partial charge on any atom is -1.00 e. The van der Waals surface area contributed by atoms with Crippen molar-refractivity contribution in [2.45, 2.75) is 39.5 Å². The minimum absolute atomic E-state index is 0. The van der Waals surface area contributed by atoms with E-state index in [4.69, 9.17) is 0 Å². The van der Waals surface area contributed by atoms with Crippen LogP contribution in [0, 0.1) is 0 Å². The summed E-state index contributed by atoms with van der Waals surface area (Å²) >= 11 is 0. The van der Waals surface area contributed by atoms with Crippen LogP contribution in [-0.2, 0) is 21.7 Å². The second kappa shape index (κ2) is 14.3. The maximum absolute atomic E-state index is 2.26. The van der Waals surface area contributed by atoms with Gasteiger partial charge in [-0.15, -0.1) is 0 Å².